The standard InChI is InChI=1S/C14H13NO3/c1-2-17-12-5-3-4-6-13(12)18-14-8-7-11(10-16)9-15-14/h3-10H,2H2,1H3. The minimum Gasteiger partial charge on any atom is -0.490 e. The van der Waals surface area contributed by atoms with E-state index >= 15 is 0 Å². The Bertz CT molecular complexity index is 523. The minimum atomic E-state index is 0.424. The molecular weight excluding hydrogens is 230 g/mol. The lowest BCUT2D eigenvalue weighted by molar-refractivity contribution is 0.112. The van der Waals surface area contributed by atoms with E-state index in [1.807, 2.05) is 25.1 Å². The molecule has 1 heterocycles. The number of aldehydes is 1. The van der Waals surface area contributed by atoms with Crippen molar-refractivity contribution < 1.29 is 14.3 Å². The molecule has 0 bridgehead atoms. The Labute approximate surface area is 105 Å². The van der Waals surface area contributed by atoms with E-state index in [9.17, 15) is 4.79 Å². The Morgan fingerprint density at radius 3 is 2.56 bits per heavy atom. The fourth-order valence-corrected chi connectivity index (χ4v) is 1.44. The number of hydrogen-bond acceptors (Lipinski definition) is 4. The van der Waals surface area contributed by atoms with E-state index < -0.39 is 0 Å². The first-order valence-electron chi connectivity index (χ1n) is 5.64. The normalized spacial score (nSPS) is 9.83. The van der Waals surface area contributed by atoms with Gasteiger partial charge in [0.2, 0.25) is 5.88 Å². The molecule has 0 N–H and O–H groups in total. The van der Waals surface area contributed by atoms with Gasteiger partial charge in [0.1, 0.15) is 0 Å². The summed E-state index contributed by atoms with van der Waals surface area (Å²) in [5.41, 5.74) is 0.514. The number of pyridine rings is 1. The van der Waals surface area contributed by atoms with Gasteiger partial charge in [-0.15, -0.1) is 0 Å². The van der Waals surface area contributed by atoms with Crippen LogP contribution in [0, 0.1) is 0 Å². The molecule has 0 unspecified atom stereocenters. The smallest absolute Gasteiger partial charge is 0.219 e. The maximum absolute atomic E-state index is 10.5. The van der Waals surface area contributed by atoms with Crippen molar-refractivity contribution in [3.8, 4) is 17.4 Å². The molecule has 4 nitrogen and oxygen atoms in total. The van der Waals surface area contributed by atoms with Gasteiger partial charge < -0.3 is 9.47 Å². The molecule has 0 aliphatic rings. The first-order chi connectivity index (χ1) is 8.83. The van der Waals surface area contributed by atoms with Crippen LogP contribution in [0.1, 0.15) is 17.3 Å². The van der Waals surface area contributed by atoms with E-state index in [0.29, 0.717) is 29.5 Å². The molecule has 0 spiro atoms. The molecule has 4 heteroatoms. The first-order valence-corrected chi connectivity index (χ1v) is 5.64. The second kappa shape index (κ2) is 5.82. The van der Waals surface area contributed by atoms with Crippen LogP contribution >= 0.6 is 0 Å². The van der Waals surface area contributed by atoms with Crippen LogP contribution in [0.5, 0.6) is 17.4 Å². The largest absolute Gasteiger partial charge is 0.490 e. The van der Waals surface area contributed by atoms with Crippen molar-refractivity contribution in [2.75, 3.05) is 6.61 Å². The molecular formula is C14H13NO3. The molecule has 0 amide bonds. The third-order valence-electron chi connectivity index (χ3n) is 2.26. The van der Waals surface area contributed by atoms with Crippen LogP contribution in [0.3, 0.4) is 0 Å². The zero-order chi connectivity index (χ0) is 12.8. The molecule has 0 radical (unpaired) electrons. The zero-order valence-corrected chi connectivity index (χ0v) is 10.00. The van der Waals surface area contributed by atoms with Gasteiger partial charge in [0.05, 0.1) is 6.61 Å². The maximum Gasteiger partial charge on any atom is 0.219 e. The van der Waals surface area contributed by atoms with Gasteiger partial charge >= 0.3 is 0 Å². The fraction of sp³-hybridized carbons (Fsp3) is 0.143. The Hall–Kier alpha value is -2.36. The summed E-state index contributed by atoms with van der Waals surface area (Å²) in [6.45, 7) is 2.48. The number of para-hydroxylation sites is 2. The number of rotatable bonds is 5. The molecule has 1 aromatic heterocycles. The number of hydrogen-bond donors (Lipinski definition) is 0. The van der Waals surface area contributed by atoms with Crippen molar-refractivity contribution >= 4 is 6.29 Å². The van der Waals surface area contributed by atoms with Crippen LogP contribution in [0.4, 0.5) is 0 Å². The summed E-state index contributed by atoms with van der Waals surface area (Å²) < 4.78 is 11.1. The Morgan fingerprint density at radius 2 is 1.94 bits per heavy atom. The summed E-state index contributed by atoms with van der Waals surface area (Å²) in [4.78, 5) is 14.6. The Morgan fingerprint density at radius 1 is 1.17 bits per heavy atom. The summed E-state index contributed by atoms with van der Waals surface area (Å²) in [6.07, 6.45) is 2.20. The van der Waals surface area contributed by atoms with Gasteiger partial charge in [-0.1, -0.05) is 12.1 Å². The lowest BCUT2D eigenvalue weighted by Crippen LogP contribution is -1.95. The molecule has 1 aromatic carbocycles. The van der Waals surface area contributed by atoms with Gasteiger partial charge in [-0.2, -0.15) is 0 Å². The fourth-order valence-electron chi connectivity index (χ4n) is 1.44. The van der Waals surface area contributed by atoms with Gasteiger partial charge in [-0.05, 0) is 25.1 Å². The van der Waals surface area contributed by atoms with Crippen molar-refractivity contribution in [3.63, 3.8) is 0 Å². The van der Waals surface area contributed by atoms with Gasteiger partial charge in [0.25, 0.3) is 0 Å². The predicted octanol–water partition coefficient (Wildman–Crippen LogP) is 3.09. The SMILES string of the molecule is CCOc1ccccc1Oc1ccc(C=O)cn1. The monoisotopic (exact) mass is 243 g/mol. The Kier molecular flexibility index (Phi) is 3.91. The van der Waals surface area contributed by atoms with Crippen molar-refractivity contribution in [1.82, 2.24) is 4.98 Å². The van der Waals surface area contributed by atoms with E-state index in [1.54, 1.807) is 18.2 Å². The van der Waals surface area contributed by atoms with Crippen molar-refractivity contribution in [2.24, 2.45) is 0 Å². The van der Waals surface area contributed by atoms with Crippen LogP contribution in [-0.2, 0) is 0 Å². The maximum atomic E-state index is 10.5. The second-order valence-electron chi connectivity index (χ2n) is 3.53. The molecule has 0 aliphatic heterocycles. The lowest BCUT2D eigenvalue weighted by atomic mass is 10.3. The van der Waals surface area contributed by atoms with Crippen molar-refractivity contribution in [2.45, 2.75) is 6.92 Å². The third-order valence-corrected chi connectivity index (χ3v) is 2.26. The van der Waals surface area contributed by atoms with Crippen LogP contribution in [0.15, 0.2) is 42.6 Å². The molecule has 0 saturated heterocycles. The van der Waals surface area contributed by atoms with E-state index in [1.165, 1.54) is 6.20 Å². The molecule has 0 fully saturated rings. The highest BCUT2D eigenvalue weighted by Crippen LogP contribution is 2.30. The quantitative estimate of drug-likeness (QED) is 0.757. The molecule has 92 valence electrons. The zero-order valence-electron chi connectivity index (χ0n) is 10.00. The summed E-state index contributed by atoms with van der Waals surface area (Å²) in [5.74, 6) is 1.69. The first kappa shape index (κ1) is 12.1. The van der Waals surface area contributed by atoms with Gasteiger partial charge in [0, 0.05) is 17.8 Å². The lowest BCUT2D eigenvalue weighted by Gasteiger charge is -2.10. The minimum absolute atomic E-state index is 0.424. The van der Waals surface area contributed by atoms with Crippen molar-refractivity contribution in [3.05, 3.63) is 48.2 Å². The average molecular weight is 243 g/mol. The summed E-state index contributed by atoms with van der Waals surface area (Å²) in [5, 5.41) is 0. The molecule has 18 heavy (non-hydrogen) atoms. The van der Waals surface area contributed by atoms with E-state index in [0.717, 1.165) is 6.29 Å². The third kappa shape index (κ3) is 2.85. The predicted molar refractivity (Wildman–Crippen MR) is 67.3 cm³/mol. The van der Waals surface area contributed by atoms with E-state index in [4.69, 9.17) is 9.47 Å². The molecule has 2 rings (SSSR count). The van der Waals surface area contributed by atoms with Gasteiger partial charge in [0.15, 0.2) is 17.8 Å². The average Bonchev–Trinajstić information content (AvgIpc) is 2.42. The van der Waals surface area contributed by atoms with Crippen LogP contribution < -0.4 is 9.47 Å². The molecule has 0 atom stereocenters. The molecule has 0 aliphatic carbocycles. The summed E-state index contributed by atoms with van der Waals surface area (Å²) in [6, 6.07) is 10.7. The van der Waals surface area contributed by atoms with Crippen LogP contribution in [0.25, 0.3) is 0 Å². The number of ether oxygens (including phenoxy) is 2. The molecule has 0 saturated carbocycles. The second-order valence-corrected chi connectivity index (χ2v) is 3.53. The van der Waals surface area contributed by atoms with E-state index in [-0.39, 0.29) is 0 Å². The van der Waals surface area contributed by atoms with Crippen LogP contribution in [0.2, 0.25) is 0 Å². The summed E-state index contributed by atoms with van der Waals surface area (Å²) in [7, 11) is 0. The summed E-state index contributed by atoms with van der Waals surface area (Å²) >= 11 is 0. The van der Waals surface area contributed by atoms with Gasteiger partial charge in [-0.25, -0.2) is 4.98 Å². The highest BCUT2D eigenvalue weighted by molar-refractivity contribution is 5.74. The number of carbonyl (C=O) groups excluding carboxylic acids is 1. The van der Waals surface area contributed by atoms with E-state index in [2.05, 4.69) is 4.98 Å². The topological polar surface area (TPSA) is 48.4 Å². The number of aromatic nitrogens is 1. The van der Waals surface area contributed by atoms with Crippen molar-refractivity contribution in [1.29, 1.82) is 0 Å². The number of carbonyl (C=O) groups is 1. The Balaban J connectivity index is 2.19. The van der Waals surface area contributed by atoms with Gasteiger partial charge in [-0.3, -0.25) is 4.79 Å². The van der Waals surface area contributed by atoms with Crippen LogP contribution in [-0.4, -0.2) is 17.9 Å². The highest BCUT2D eigenvalue weighted by Gasteiger charge is 2.05. The number of benzene rings is 1. The highest BCUT2D eigenvalue weighted by atomic mass is 16.5. The number of nitrogens with zero attached hydrogens (tertiary/aromatic N) is 1. The molecule has 2 aromatic rings.